The second kappa shape index (κ2) is 5.92. The molecule has 0 aromatic rings. The summed E-state index contributed by atoms with van der Waals surface area (Å²) in [6.07, 6.45) is 7.16. The lowest BCUT2D eigenvalue weighted by atomic mass is 9.59. The molecule has 1 aliphatic carbocycles. The van der Waals surface area contributed by atoms with Gasteiger partial charge in [-0.05, 0) is 36.0 Å². The van der Waals surface area contributed by atoms with Gasteiger partial charge in [0.05, 0.1) is 0 Å². The highest BCUT2D eigenvalue weighted by atomic mass is 14.4. The molecular weight excluding hydrogens is 180 g/mol. The SMILES string of the molecule is CCC(C)CCC(C)C1CC(C)C1CC. The van der Waals surface area contributed by atoms with Gasteiger partial charge in [-0.2, -0.15) is 0 Å². The first-order chi connectivity index (χ1) is 7.10. The Labute approximate surface area is 96.8 Å². The average molecular weight is 210 g/mol. The van der Waals surface area contributed by atoms with Crippen LogP contribution in [0.1, 0.15) is 66.7 Å². The van der Waals surface area contributed by atoms with Crippen LogP contribution in [0.5, 0.6) is 0 Å². The van der Waals surface area contributed by atoms with Gasteiger partial charge in [0.2, 0.25) is 0 Å². The van der Waals surface area contributed by atoms with Crippen molar-refractivity contribution in [3.05, 3.63) is 0 Å². The fourth-order valence-corrected chi connectivity index (χ4v) is 3.33. The molecule has 0 aromatic heterocycles. The van der Waals surface area contributed by atoms with Crippen molar-refractivity contribution in [3.8, 4) is 0 Å². The van der Waals surface area contributed by atoms with Crippen molar-refractivity contribution in [2.75, 3.05) is 0 Å². The quantitative estimate of drug-likeness (QED) is 0.570. The highest BCUT2D eigenvalue weighted by Gasteiger charge is 2.39. The summed E-state index contributed by atoms with van der Waals surface area (Å²) in [5, 5.41) is 0. The Morgan fingerprint density at radius 2 is 1.80 bits per heavy atom. The highest BCUT2D eigenvalue weighted by molar-refractivity contribution is 4.88. The zero-order valence-corrected chi connectivity index (χ0v) is 11.4. The maximum atomic E-state index is 2.49. The van der Waals surface area contributed by atoms with Crippen molar-refractivity contribution in [1.82, 2.24) is 0 Å². The molecule has 1 rings (SSSR count). The lowest BCUT2D eigenvalue weighted by Gasteiger charge is -2.46. The van der Waals surface area contributed by atoms with Crippen molar-refractivity contribution in [2.45, 2.75) is 66.7 Å². The van der Waals surface area contributed by atoms with E-state index < -0.39 is 0 Å². The molecule has 15 heavy (non-hydrogen) atoms. The summed E-state index contributed by atoms with van der Waals surface area (Å²) in [6.45, 7) is 12.0. The monoisotopic (exact) mass is 210 g/mol. The zero-order valence-electron chi connectivity index (χ0n) is 11.4. The van der Waals surface area contributed by atoms with Gasteiger partial charge in [0.25, 0.3) is 0 Å². The van der Waals surface area contributed by atoms with E-state index in [0.717, 1.165) is 29.6 Å². The molecule has 0 spiro atoms. The van der Waals surface area contributed by atoms with Crippen LogP contribution in [0, 0.1) is 29.6 Å². The number of hydrogen-bond donors (Lipinski definition) is 0. The maximum Gasteiger partial charge on any atom is -0.0355 e. The third kappa shape index (κ3) is 3.23. The van der Waals surface area contributed by atoms with Gasteiger partial charge in [-0.1, -0.05) is 60.3 Å². The van der Waals surface area contributed by atoms with Crippen molar-refractivity contribution in [1.29, 1.82) is 0 Å². The van der Waals surface area contributed by atoms with Gasteiger partial charge in [-0.25, -0.2) is 0 Å². The Bertz CT molecular complexity index is 173. The fraction of sp³-hybridized carbons (Fsp3) is 1.00. The Kier molecular flexibility index (Phi) is 5.15. The Balaban J connectivity index is 2.25. The first kappa shape index (κ1) is 13.1. The summed E-state index contributed by atoms with van der Waals surface area (Å²) >= 11 is 0. The predicted octanol–water partition coefficient (Wildman–Crippen LogP) is 5.13. The van der Waals surface area contributed by atoms with Crippen LogP contribution < -0.4 is 0 Å². The minimum absolute atomic E-state index is 0.935. The van der Waals surface area contributed by atoms with Crippen LogP contribution in [0.25, 0.3) is 0 Å². The molecule has 90 valence electrons. The van der Waals surface area contributed by atoms with Crippen LogP contribution in [0.15, 0.2) is 0 Å². The topological polar surface area (TPSA) is 0 Å². The van der Waals surface area contributed by atoms with Crippen molar-refractivity contribution >= 4 is 0 Å². The standard InChI is InChI=1S/C15H30/c1-6-11(3)8-9-12(4)15-10-13(5)14(15)7-2/h11-15H,6-10H2,1-5H3. The molecule has 5 unspecified atom stereocenters. The second-order valence-corrected chi connectivity index (χ2v) is 6.02. The molecule has 0 heteroatoms. The molecule has 0 aliphatic heterocycles. The van der Waals surface area contributed by atoms with E-state index in [-0.39, 0.29) is 0 Å². The molecule has 0 amide bonds. The van der Waals surface area contributed by atoms with Gasteiger partial charge in [-0.15, -0.1) is 0 Å². The predicted molar refractivity (Wildman–Crippen MR) is 68.9 cm³/mol. The van der Waals surface area contributed by atoms with E-state index in [1.807, 2.05) is 0 Å². The van der Waals surface area contributed by atoms with E-state index in [9.17, 15) is 0 Å². The van der Waals surface area contributed by atoms with Crippen LogP contribution in [-0.4, -0.2) is 0 Å². The van der Waals surface area contributed by atoms with E-state index in [1.165, 1.54) is 32.1 Å². The van der Waals surface area contributed by atoms with Crippen molar-refractivity contribution in [3.63, 3.8) is 0 Å². The zero-order chi connectivity index (χ0) is 11.4. The van der Waals surface area contributed by atoms with Crippen LogP contribution in [0.2, 0.25) is 0 Å². The van der Waals surface area contributed by atoms with E-state index in [0.29, 0.717) is 0 Å². The van der Waals surface area contributed by atoms with Gasteiger partial charge >= 0.3 is 0 Å². The molecule has 0 aromatic carbocycles. The van der Waals surface area contributed by atoms with Crippen LogP contribution in [0.3, 0.4) is 0 Å². The summed E-state index contributed by atoms with van der Waals surface area (Å²) in [6, 6.07) is 0. The van der Waals surface area contributed by atoms with Crippen LogP contribution in [0.4, 0.5) is 0 Å². The molecule has 0 bridgehead atoms. The molecule has 0 saturated heterocycles. The number of hydrogen-bond acceptors (Lipinski definition) is 0. The Morgan fingerprint density at radius 1 is 1.13 bits per heavy atom. The van der Waals surface area contributed by atoms with E-state index in [1.54, 1.807) is 0 Å². The Hall–Kier alpha value is 0. The van der Waals surface area contributed by atoms with Gasteiger partial charge in [0.15, 0.2) is 0 Å². The first-order valence-corrected chi connectivity index (χ1v) is 7.10. The molecule has 0 radical (unpaired) electrons. The molecular formula is C15H30. The molecule has 0 heterocycles. The minimum atomic E-state index is 0.935. The van der Waals surface area contributed by atoms with Crippen molar-refractivity contribution in [2.24, 2.45) is 29.6 Å². The summed E-state index contributed by atoms with van der Waals surface area (Å²) in [7, 11) is 0. The van der Waals surface area contributed by atoms with Gasteiger partial charge in [-0.3, -0.25) is 0 Å². The molecule has 1 aliphatic rings. The fourth-order valence-electron chi connectivity index (χ4n) is 3.33. The summed E-state index contributed by atoms with van der Waals surface area (Å²) in [5.41, 5.74) is 0. The third-order valence-electron chi connectivity index (χ3n) is 4.94. The lowest BCUT2D eigenvalue weighted by molar-refractivity contribution is 0.0322. The number of rotatable bonds is 6. The van der Waals surface area contributed by atoms with Crippen LogP contribution in [-0.2, 0) is 0 Å². The van der Waals surface area contributed by atoms with Crippen molar-refractivity contribution < 1.29 is 0 Å². The first-order valence-electron chi connectivity index (χ1n) is 7.10. The maximum absolute atomic E-state index is 2.49. The normalized spacial score (nSPS) is 34.6. The third-order valence-corrected chi connectivity index (χ3v) is 4.94. The summed E-state index contributed by atoms with van der Waals surface area (Å²) in [4.78, 5) is 0. The molecule has 1 fully saturated rings. The van der Waals surface area contributed by atoms with E-state index >= 15 is 0 Å². The summed E-state index contributed by atoms with van der Waals surface area (Å²) in [5.74, 6) is 5.00. The van der Waals surface area contributed by atoms with E-state index in [4.69, 9.17) is 0 Å². The highest BCUT2D eigenvalue weighted by Crippen LogP contribution is 2.47. The lowest BCUT2D eigenvalue weighted by Crippen LogP contribution is -2.38. The van der Waals surface area contributed by atoms with Gasteiger partial charge in [0.1, 0.15) is 0 Å². The summed E-state index contributed by atoms with van der Waals surface area (Å²) < 4.78 is 0. The van der Waals surface area contributed by atoms with Gasteiger partial charge < -0.3 is 0 Å². The average Bonchev–Trinajstić information content (AvgIpc) is 2.22. The van der Waals surface area contributed by atoms with Gasteiger partial charge in [0, 0.05) is 0 Å². The van der Waals surface area contributed by atoms with E-state index in [2.05, 4.69) is 34.6 Å². The Morgan fingerprint density at radius 3 is 2.27 bits per heavy atom. The molecule has 0 N–H and O–H groups in total. The molecule has 1 saturated carbocycles. The smallest absolute Gasteiger partial charge is 0.0355 e. The molecule has 5 atom stereocenters. The largest absolute Gasteiger partial charge is 0.0651 e. The van der Waals surface area contributed by atoms with Crippen LogP contribution >= 0.6 is 0 Å². The minimum Gasteiger partial charge on any atom is -0.0651 e. The second-order valence-electron chi connectivity index (χ2n) is 6.02. The molecule has 0 nitrogen and oxygen atoms in total.